The first kappa shape index (κ1) is 36.7. The van der Waals surface area contributed by atoms with Crippen LogP contribution in [0.4, 0.5) is 0 Å². The van der Waals surface area contributed by atoms with Gasteiger partial charge in [0.15, 0.2) is 0 Å². The van der Waals surface area contributed by atoms with Gasteiger partial charge >= 0.3 is 0 Å². The number of rotatable bonds is 4. The lowest BCUT2D eigenvalue weighted by Crippen LogP contribution is -1.95. The summed E-state index contributed by atoms with van der Waals surface area (Å²) >= 11 is 0. The number of hydrogen-bond acceptors (Lipinski definition) is 0. The summed E-state index contributed by atoms with van der Waals surface area (Å²) in [6, 6.07) is 86.0. The van der Waals surface area contributed by atoms with E-state index < -0.39 is 0 Å². The summed E-state index contributed by atoms with van der Waals surface area (Å²) in [5, 5.41) is 15.0. The molecular weight excluding hydrogens is 849 g/mol. The summed E-state index contributed by atoms with van der Waals surface area (Å²) in [5.74, 6) is 0. The highest BCUT2D eigenvalue weighted by atomic mass is 15.0. The molecule has 0 aliphatic heterocycles. The molecule has 0 saturated carbocycles. The molecule has 0 N–H and O–H groups in total. The molecule has 17 rings (SSSR count). The van der Waals surface area contributed by atoms with Crippen molar-refractivity contribution in [1.29, 1.82) is 0 Å². The minimum Gasteiger partial charge on any atom is -0.309 e. The third kappa shape index (κ3) is 4.47. The maximum atomic E-state index is 2.62. The average molecular weight is 887 g/mol. The normalized spacial score (nSPS) is 12.6. The van der Waals surface area contributed by atoms with E-state index >= 15 is 0 Å². The minimum atomic E-state index is 1.16. The van der Waals surface area contributed by atoms with Gasteiger partial charge in [0.2, 0.25) is 0 Å². The van der Waals surface area contributed by atoms with Gasteiger partial charge in [-0.25, -0.2) is 0 Å². The fourth-order valence-electron chi connectivity index (χ4n) is 13.1. The molecular formula is C66H38N4. The zero-order valence-electron chi connectivity index (χ0n) is 37.7. The molecule has 4 heteroatoms. The molecule has 0 saturated heterocycles. The van der Waals surface area contributed by atoms with E-state index in [1.54, 1.807) is 0 Å². The maximum Gasteiger partial charge on any atom is 0.0634 e. The summed E-state index contributed by atoms with van der Waals surface area (Å²) in [4.78, 5) is 0. The van der Waals surface area contributed by atoms with Crippen LogP contribution in [0.1, 0.15) is 0 Å². The highest BCUT2D eigenvalue weighted by Gasteiger charge is 2.32. The third-order valence-electron chi connectivity index (χ3n) is 15.7. The van der Waals surface area contributed by atoms with Gasteiger partial charge in [0.25, 0.3) is 0 Å². The molecule has 17 aromatic rings. The number of para-hydroxylation sites is 6. The number of aromatic nitrogens is 4. The number of hydrogen-bond donors (Lipinski definition) is 0. The predicted molar refractivity (Wildman–Crippen MR) is 295 cm³/mol. The Bertz CT molecular complexity index is 4620. The Balaban J connectivity index is 1.16. The lowest BCUT2D eigenvalue weighted by atomic mass is 9.89. The number of fused-ring (bicyclic) bond motifs is 18. The molecule has 0 spiro atoms. The third-order valence-corrected chi connectivity index (χ3v) is 15.7. The van der Waals surface area contributed by atoms with Gasteiger partial charge in [-0.1, -0.05) is 170 Å². The van der Waals surface area contributed by atoms with Crippen LogP contribution in [0.2, 0.25) is 0 Å². The molecule has 0 aliphatic rings. The van der Waals surface area contributed by atoms with E-state index in [4.69, 9.17) is 0 Å². The second-order valence-corrected chi connectivity index (χ2v) is 19.2. The van der Waals surface area contributed by atoms with Gasteiger partial charge < -0.3 is 17.9 Å². The predicted octanol–water partition coefficient (Wildman–Crippen LogP) is 17.5. The highest BCUT2D eigenvalue weighted by molar-refractivity contribution is 6.38. The standard InChI is InChI=1S/C66H38N4/c1-3-19-39(20-4-1)59-61-51-37-41(67-53-29-13-7-23-43(53)44-24-8-14-30-54(44)67)35-49-48-28-12-18-34-58(48)70(63(49)51)66(61)60(40-21-5-2-6-22-40)62-52-38-42(36-50-47-27-11-17-33-57(47)69(64(50)52)65(59)62)68-55-31-15-9-25-45(55)46-26-10-16-32-56(46)68/h1-38H. The van der Waals surface area contributed by atoms with Crippen molar-refractivity contribution in [3.05, 3.63) is 231 Å². The van der Waals surface area contributed by atoms with Crippen LogP contribution in [0.5, 0.6) is 0 Å². The summed E-state index contributed by atoms with van der Waals surface area (Å²) < 4.78 is 10.2. The van der Waals surface area contributed by atoms with E-state index in [9.17, 15) is 0 Å². The maximum absolute atomic E-state index is 2.62. The van der Waals surface area contributed by atoms with Crippen molar-refractivity contribution in [3.63, 3.8) is 0 Å². The second-order valence-electron chi connectivity index (χ2n) is 19.2. The molecule has 0 fully saturated rings. The molecule has 6 heterocycles. The topological polar surface area (TPSA) is 18.7 Å². The molecule has 0 aliphatic carbocycles. The van der Waals surface area contributed by atoms with E-state index in [0.29, 0.717) is 0 Å². The lowest BCUT2D eigenvalue weighted by molar-refractivity contribution is 1.19. The van der Waals surface area contributed by atoms with Crippen molar-refractivity contribution in [1.82, 2.24) is 17.9 Å². The van der Waals surface area contributed by atoms with Crippen LogP contribution in [-0.4, -0.2) is 17.9 Å². The van der Waals surface area contributed by atoms with Crippen LogP contribution in [0.25, 0.3) is 153 Å². The van der Waals surface area contributed by atoms with Crippen molar-refractivity contribution in [2.75, 3.05) is 0 Å². The van der Waals surface area contributed by atoms with Crippen molar-refractivity contribution >= 4 is 120 Å². The van der Waals surface area contributed by atoms with Gasteiger partial charge in [0.1, 0.15) is 0 Å². The zero-order valence-corrected chi connectivity index (χ0v) is 37.7. The van der Waals surface area contributed by atoms with Crippen LogP contribution in [-0.2, 0) is 0 Å². The Morgan fingerprint density at radius 1 is 0.214 bits per heavy atom. The van der Waals surface area contributed by atoms with Crippen LogP contribution in [0.3, 0.4) is 0 Å². The smallest absolute Gasteiger partial charge is 0.0634 e. The Morgan fingerprint density at radius 2 is 0.486 bits per heavy atom. The molecule has 6 aromatic heterocycles. The van der Waals surface area contributed by atoms with Crippen molar-refractivity contribution in [3.8, 4) is 33.6 Å². The first-order valence-electron chi connectivity index (χ1n) is 24.3. The fraction of sp³-hybridized carbons (Fsp3) is 0. The van der Waals surface area contributed by atoms with Gasteiger partial charge in [-0.3, -0.25) is 0 Å². The van der Waals surface area contributed by atoms with Crippen LogP contribution >= 0.6 is 0 Å². The van der Waals surface area contributed by atoms with Gasteiger partial charge in [0, 0.05) is 87.1 Å². The number of benzene rings is 11. The SMILES string of the molecule is c1ccc(-c2c3c4cc(-n5c6ccccc6c6ccccc65)cc5c6ccccc6n(c3c(-c3ccccc3)c3c6cc(-n7c8ccccc8c8ccccc87)cc7c8ccccc8n(c23)c76)c54)cc1. The molecule has 11 aromatic carbocycles. The highest BCUT2D eigenvalue weighted by Crippen LogP contribution is 2.55. The van der Waals surface area contributed by atoms with E-state index in [2.05, 4.69) is 248 Å². The van der Waals surface area contributed by atoms with E-state index in [1.807, 2.05) is 0 Å². The average Bonchev–Trinajstić information content (AvgIpc) is 4.26. The second kappa shape index (κ2) is 13.2. The Labute approximate surface area is 400 Å². The van der Waals surface area contributed by atoms with Crippen LogP contribution in [0.15, 0.2) is 231 Å². The molecule has 0 radical (unpaired) electrons. The van der Waals surface area contributed by atoms with E-state index in [-0.39, 0.29) is 0 Å². The Hall–Kier alpha value is -9.38. The van der Waals surface area contributed by atoms with Crippen molar-refractivity contribution in [2.24, 2.45) is 0 Å². The van der Waals surface area contributed by atoms with E-state index in [0.717, 1.165) is 11.4 Å². The van der Waals surface area contributed by atoms with Gasteiger partial charge in [-0.05, 0) is 71.8 Å². The molecule has 322 valence electrons. The lowest BCUT2D eigenvalue weighted by Gasteiger charge is -2.16. The molecule has 0 amide bonds. The summed E-state index contributed by atoms with van der Waals surface area (Å²) in [6.07, 6.45) is 0. The Kier molecular flexibility index (Phi) is 6.92. The molecule has 70 heavy (non-hydrogen) atoms. The van der Waals surface area contributed by atoms with Gasteiger partial charge in [-0.2, -0.15) is 0 Å². The quantitative estimate of drug-likeness (QED) is 0.168. The zero-order chi connectivity index (χ0) is 45.3. The molecule has 0 atom stereocenters. The van der Waals surface area contributed by atoms with Crippen LogP contribution < -0.4 is 0 Å². The first-order chi connectivity index (χ1) is 34.8. The van der Waals surface area contributed by atoms with Gasteiger partial charge in [-0.15, -0.1) is 0 Å². The van der Waals surface area contributed by atoms with E-state index in [1.165, 1.54) is 142 Å². The Morgan fingerprint density at radius 3 is 0.829 bits per heavy atom. The van der Waals surface area contributed by atoms with Crippen molar-refractivity contribution in [2.45, 2.75) is 0 Å². The molecule has 4 nitrogen and oxygen atoms in total. The monoisotopic (exact) mass is 886 g/mol. The van der Waals surface area contributed by atoms with Crippen LogP contribution in [0, 0.1) is 0 Å². The summed E-state index contributed by atoms with van der Waals surface area (Å²) in [7, 11) is 0. The molecule has 0 bridgehead atoms. The molecule has 0 unspecified atom stereocenters. The largest absolute Gasteiger partial charge is 0.309 e. The summed E-state index contributed by atoms with van der Waals surface area (Å²) in [6.45, 7) is 0. The van der Waals surface area contributed by atoms with Gasteiger partial charge in [0.05, 0.1) is 55.2 Å². The number of nitrogens with zero attached hydrogens (tertiary/aromatic N) is 4. The fourth-order valence-corrected chi connectivity index (χ4v) is 13.1. The minimum absolute atomic E-state index is 1.16. The first-order valence-corrected chi connectivity index (χ1v) is 24.3. The van der Waals surface area contributed by atoms with Crippen molar-refractivity contribution < 1.29 is 0 Å². The summed E-state index contributed by atoms with van der Waals surface area (Å²) in [5.41, 5.74) is 19.4.